The van der Waals surface area contributed by atoms with Crippen LogP contribution in [0.2, 0.25) is 0 Å². The summed E-state index contributed by atoms with van der Waals surface area (Å²) in [6, 6.07) is 16.6. The molecule has 238 valence electrons. The molecular formula is C37H65N5. The van der Waals surface area contributed by atoms with Gasteiger partial charge in [0.05, 0.1) is 0 Å². The van der Waals surface area contributed by atoms with E-state index in [1.165, 1.54) is 124 Å². The molecule has 0 heterocycles. The van der Waals surface area contributed by atoms with Crippen LogP contribution < -0.4 is 27.8 Å². The van der Waals surface area contributed by atoms with Crippen LogP contribution in [0.25, 0.3) is 11.1 Å². The Morgan fingerprint density at radius 1 is 0.381 bits per heavy atom. The number of nitrogens with two attached hydrogens (primary N) is 3. The molecule has 0 spiro atoms. The normalized spacial score (nSPS) is 11.4. The summed E-state index contributed by atoms with van der Waals surface area (Å²) in [5.41, 5.74) is 23.8. The first-order valence-corrected chi connectivity index (χ1v) is 17.5. The first kappa shape index (κ1) is 36.4. The SMILES string of the molecule is NCCCCCCCCCc1ccc(-c2cc(CCCCCNCCCN)cc(CNCCCCCCCN)c2)cc1. The van der Waals surface area contributed by atoms with Gasteiger partial charge in [-0.3, -0.25) is 0 Å². The van der Waals surface area contributed by atoms with E-state index in [1.54, 1.807) is 0 Å². The molecule has 0 fully saturated rings. The molecule has 5 nitrogen and oxygen atoms in total. The number of hydrogen-bond acceptors (Lipinski definition) is 5. The van der Waals surface area contributed by atoms with E-state index in [4.69, 9.17) is 17.2 Å². The molecule has 0 saturated heterocycles. The van der Waals surface area contributed by atoms with Gasteiger partial charge in [0, 0.05) is 6.54 Å². The topological polar surface area (TPSA) is 102 Å². The van der Waals surface area contributed by atoms with Crippen molar-refractivity contribution in [3.05, 3.63) is 59.2 Å². The number of rotatable bonds is 28. The van der Waals surface area contributed by atoms with Gasteiger partial charge in [0.2, 0.25) is 0 Å². The maximum Gasteiger partial charge on any atom is 0.0205 e. The van der Waals surface area contributed by atoms with Gasteiger partial charge in [-0.25, -0.2) is 0 Å². The number of aryl methyl sites for hydroxylation is 2. The lowest BCUT2D eigenvalue weighted by Crippen LogP contribution is -2.19. The molecule has 5 heteroatoms. The van der Waals surface area contributed by atoms with E-state index in [-0.39, 0.29) is 0 Å². The van der Waals surface area contributed by atoms with Crippen molar-refractivity contribution in [2.24, 2.45) is 17.2 Å². The van der Waals surface area contributed by atoms with Gasteiger partial charge >= 0.3 is 0 Å². The highest BCUT2D eigenvalue weighted by molar-refractivity contribution is 5.65. The zero-order valence-electron chi connectivity index (χ0n) is 27.0. The van der Waals surface area contributed by atoms with Crippen LogP contribution in [0, 0.1) is 0 Å². The Balaban J connectivity index is 1.87. The Bertz CT molecular complexity index is 844. The average Bonchev–Trinajstić information content (AvgIpc) is 3.01. The van der Waals surface area contributed by atoms with E-state index >= 15 is 0 Å². The van der Waals surface area contributed by atoms with Gasteiger partial charge in [0.15, 0.2) is 0 Å². The predicted octanol–water partition coefficient (Wildman–Crippen LogP) is 7.24. The molecule has 0 aromatic heterocycles. The van der Waals surface area contributed by atoms with E-state index in [2.05, 4.69) is 53.1 Å². The van der Waals surface area contributed by atoms with E-state index < -0.39 is 0 Å². The van der Waals surface area contributed by atoms with Crippen LogP contribution in [-0.4, -0.2) is 39.3 Å². The summed E-state index contributed by atoms with van der Waals surface area (Å²) in [5, 5.41) is 7.22. The second-order valence-electron chi connectivity index (χ2n) is 12.2. The van der Waals surface area contributed by atoms with Crippen LogP contribution >= 0.6 is 0 Å². The lowest BCUT2D eigenvalue weighted by molar-refractivity contribution is 0.577. The fourth-order valence-electron chi connectivity index (χ4n) is 5.66. The van der Waals surface area contributed by atoms with Gasteiger partial charge in [0.1, 0.15) is 0 Å². The molecule has 8 N–H and O–H groups in total. The average molecular weight is 580 g/mol. The number of nitrogens with one attached hydrogen (secondary N) is 2. The highest BCUT2D eigenvalue weighted by Gasteiger charge is 2.06. The quantitative estimate of drug-likeness (QED) is 0.0684. The van der Waals surface area contributed by atoms with Crippen LogP contribution in [0.3, 0.4) is 0 Å². The second kappa shape index (κ2) is 25.7. The van der Waals surface area contributed by atoms with Gasteiger partial charge in [-0.15, -0.1) is 0 Å². The van der Waals surface area contributed by atoms with Crippen LogP contribution in [-0.2, 0) is 19.4 Å². The molecule has 0 amide bonds. The van der Waals surface area contributed by atoms with Crippen LogP contribution in [0.4, 0.5) is 0 Å². The van der Waals surface area contributed by atoms with E-state index in [0.29, 0.717) is 0 Å². The molecule has 0 aliphatic rings. The Morgan fingerprint density at radius 2 is 0.857 bits per heavy atom. The molecule has 0 aliphatic heterocycles. The summed E-state index contributed by atoms with van der Waals surface area (Å²) in [4.78, 5) is 0. The lowest BCUT2D eigenvalue weighted by Gasteiger charge is -2.12. The fourth-order valence-corrected chi connectivity index (χ4v) is 5.66. The molecule has 0 radical (unpaired) electrons. The smallest absolute Gasteiger partial charge is 0.0205 e. The van der Waals surface area contributed by atoms with Crippen molar-refractivity contribution in [2.75, 3.05) is 39.3 Å². The maximum absolute atomic E-state index is 5.62. The molecule has 2 aromatic rings. The first-order chi connectivity index (χ1) is 20.8. The highest BCUT2D eigenvalue weighted by atomic mass is 14.8. The van der Waals surface area contributed by atoms with Crippen molar-refractivity contribution < 1.29 is 0 Å². The summed E-state index contributed by atoms with van der Waals surface area (Å²) in [7, 11) is 0. The minimum Gasteiger partial charge on any atom is -0.330 e. The van der Waals surface area contributed by atoms with E-state index in [0.717, 1.165) is 65.1 Å². The Morgan fingerprint density at radius 3 is 1.50 bits per heavy atom. The number of hydrogen-bond donors (Lipinski definition) is 5. The van der Waals surface area contributed by atoms with Gasteiger partial charge in [-0.05, 0) is 131 Å². The summed E-state index contributed by atoms with van der Waals surface area (Å²) < 4.78 is 0. The molecule has 0 atom stereocenters. The zero-order valence-corrected chi connectivity index (χ0v) is 27.0. The molecular weight excluding hydrogens is 514 g/mol. The first-order valence-electron chi connectivity index (χ1n) is 17.5. The van der Waals surface area contributed by atoms with Gasteiger partial charge in [0.25, 0.3) is 0 Å². The Kier molecular flexibility index (Phi) is 22.3. The molecule has 0 bridgehead atoms. The third kappa shape index (κ3) is 18.0. The summed E-state index contributed by atoms with van der Waals surface area (Å²) in [5.74, 6) is 0. The largest absolute Gasteiger partial charge is 0.330 e. The van der Waals surface area contributed by atoms with E-state index in [1.807, 2.05) is 0 Å². The van der Waals surface area contributed by atoms with Crippen molar-refractivity contribution in [3.8, 4) is 11.1 Å². The summed E-state index contributed by atoms with van der Waals surface area (Å²) in [6.07, 6.45) is 22.5. The van der Waals surface area contributed by atoms with E-state index in [9.17, 15) is 0 Å². The molecule has 2 aromatic carbocycles. The van der Waals surface area contributed by atoms with Crippen LogP contribution in [0.5, 0.6) is 0 Å². The van der Waals surface area contributed by atoms with Crippen molar-refractivity contribution in [3.63, 3.8) is 0 Å². The third-order valence-electron chi connectivity index (χ3n) is 8.27. The minimum atomic E-state index is 0.772. The molecule has 42 heavy (non-hydrogen) atoms. The van der Waals surface area contributed by atoms with Gasteiger partial charge in [-0.2, -0.15) is 0 Å². The van der Waals surface area contributed by atoms with Crippen molar-refractivity contribution >= 4 is 0 Å². The highest BCUT2D eigenvalue weighted by Crippen LogP contribution is 2.25. The summed E-state index contributed by atoms with van der Waals surface area (Å²) in [6.45, 7) is 6.60. The molecule has 2 rings (SSSR count). The predicted molar refractivity (Wildman–Crippen MR) is 185 cm³/mol. The second-order valence-corrected chi connectivity index (χ2v) is 12.2. The maximum atomic E-state index is 5.62. The van der Waals surface area contributed by atoms with Crippen LogP contribution in [0.15, 0.2) is 42.5 Å². The molecule has 0 aliphatic carbocycles. The summed E-state index contributed by atoms with van der Waals surface area (Å²) >= 11 is 0. The number of benzene rings is 2. The minimum absolute atomic E-state index is 0.772. The van der Waals surface area contributed by atoms with Crippen molar-refractivity contribution in [2.45, 2.75) is 122 Å². The third-order valence-corrected chi connectivity index (χ3v) is 8.27. The van der Waals surface area contributed by atoms with Crippen LogP contribution in [0.1, 0.15) is 119 Å². The monoisotopic (exact) mass is 580 g/mol. The fraction of sp³-hybridized carbons (Fsp3) is 0.676. The lowest BCUT2D eigenvalue weighted by atomic mass is 9.95. The van der Waals surface area contributed by atoms with Crippen molar-refractivity contribution in [1.82, 2.24) is 10.6 Å². The Labute approximate surface area is 259 Å². The van der Waals surface area contributed by atoms with Crippen molar-refractivity contribution in [1.29, 1.82) is 0 Å². The zero-order chi connectivity index (χ0) is 29.9. The number of unbranched alkanes of at least 4 members (excludes halogenated alkanes) is 12. The standard InChI is InChI=1S/C37H65N5/c38-23-12-6-3-1-2-5-10-17-33-19-21-36(22-20-33)37-30-34(18-11-9-15-26-41-28-16-25-40)29-35(31-37)32-42-27-14-8-4-7-13-24-39/h19-22,29-31,41-42H,1-18,23-28,32,38-40H2. The van der Waals surface area contributed by atoms with Gasteiger partial charge in [-0.1, -0.05) is 94.2 Å². The Hall–Kier alpha value is -1.76. The molecule has 0 unspecified atom stereocenters. The van der Waals surface area contributed by atoms with Gasteiger partial charge < -0.3 is 27.8 Å². The molecule has 0 saturated carbocycles.